The fourth-order valence-electron chi connectivity index (χ4n) is 3.19. The van der Waals surface area contributed by atoms with Gasteiger partial charge in [-0.15, -0.1) is 18.3 Å². The van der Waals surface area contributed by atoms with Gasteiger partial charge in [0.15, 0.2) is 0 Å². The van der Waals surface area contributed by atoms with Crippen molar-refractivity contribution in [2.24, 2.45) is 11.8 Å². The van der Waals surface area contributed by atoms with Crippen LogP contribution < -0.4 is 21.5 Å². The van der Waals surface area contributed by atoms with Gasteiger partial charge >= 0.3 is 6.03 Å². The van der Waals surface area contributed by atoms with Crippen molar-refractivity contribution in [2.45, 2.75) is 44.6 Å². The van der Waals surface area contributed by atoms with Crippen LogP contribution in [-0.2, 0) is 4.79 Å². The Balaban J connectivity index is 1.70. The number of imide groups is 1. The molecule has 1 aliphatic heterocycles. The lowest BCUT2D eigenvalue weighted by Gasteiger charge is -2.34. The van der Waals surface area contributed by atoms with Gasteiger partial charge in [0.25, 0.3) is 0 Å². The molecule has 24 heavy (non-hydrogen) atoms. The molecule has 0 radical (unpaired) electrons. The molecule has 1 saturated carbocycles. The summed E-state index contributed by atoms with van der Waals surface area (Å²) in [5.74, 6) is 0.986. The van der Waals surface area contributed by atoms with E-state index in [4.69, 9.17) is 0 Å². The molecule has 4 N–H and O–H groups in total. The highest BCUT2D eigenvalue weighted by molar-refractivity contribution is 8.00. The van der Waals surface area contributed by atoms with Crippen LogP contribution in [0.25, 0.3) is 0 Å². The van der Waals surface area contributed by atoms with E-state index in [1.54, 1.807) is 0 Å². The number of carbonyl (C=O) groups excluding carboxylic acids is 2. The Morgan fingerprint density at radius 1 is 1.38 bits per heavy atom. The number of carbonyl (C=O) groups is 2. The Kier molecular flexibility index (Phi) is 7.54. The van der Waals surface area contributed by atoms with Crippen molar-refractivity contribution in [1.82, 2.24) is 26.4 Å². The van der Waals surface area contributed by atoms with Gasteiger partial charge in [0.05, 0.1) is 12.4 Å². The zero-order chi connectivity index (χ0) is 17.5. The molecular formula is C16H29N5O2S. The zero-order valence-corrected chi connectivity index (χ0v) is 15.3. The summed E-state index contributed by atoms with van der Waals surface area (Å²) in [7, 11) is 0. The van der Waals surface area contributed by atoms with Gasteiger partial charge in [-0.05, 0) is 18.3 Å². The molecule has 0 aromatic rings. The maximum absolute atomic E-state index is 12.0. The highest BCUT2D eigenvalue weighted by Gasteiger charge is 2.29. The number of rotatable bonds is 6. The Hall–Kier alpha value is -1.09. The van der Waals surface area contributed by atoms with E-state index < -0.39 is 0 Å². The lowest BCUT2D eigenvalue weighted by atomic mass is 9.78. The van der Waals surface area contributed by atoms with E-state index in [0.717, 1.165) is 19.4 Å². The van der Waals surface area contributed by atoms with Crippen molar-refractivity contribution in [3.8, 4) is 0 Å². The quantitative estimate of drug-likeness (QED) is 0.536. The summed E-state index contributed by atoms with van der Waals surface area (Å²) >= 11 is 1.44. The van der Waals surface area contributed by atoms with Crippen molar-refractivity contribution in [3.63, 3.8) is 0 Å². The Morgan fingerprint density at radius 2 is 2.17 bits per heavy atom. The second kappa shape index (κ2) is 9.41. The number of amides is 3. The summed E-state index contributed by atoms with van der Waals surface area (Å²) in [6.45, 7) is 9.54. The standard InChI is InChI=1S/C16H29N5O2S/c1-4-8-21-10-17-20-16(21)24-9-14(22)19-15(23)18-13-7-5-6-11(2)12(13)3/h4,11-13,16-17,20H,1,5-10H2,2-3H3,(H2,18,19,22,23). The average molecular weight is 356 g/mol. The molecular weight excluding hydrogens is 326 g/mol. The number of nitrogens with zero attached hydrogens (tertiary/aromatic N) is 1. The predicted molar refractivity (Wildman–Crippen MR) is 96.9 cm³/mol. The van der Waals surface area contributed by atoms with Gasteiger partial charge in [0, 0.05) is 12.6 Å². The highest BCUT2D eigenvalue weighted by Crippen LogP contribution is 2.29. The number of nitrogens with one attached hydrogen (secondary N) is 4. The fourth-order valence-corrected chi connectivity index (χ4v) is 4.11. The second-order valence-corrected chi connectivity index (χ2v) is 7.67. The first kappa shape index (κ1) is 19.2. The molecule has 0 aromatic heterocycles. The Bertz CT molecular complexity index is 462. The normalized spacial score (nSPS) is 30.8. The third-order valence-corrected chi connectivity index (χ3v) is 6.01. The van der Waals surface area contributed by atoms with E-state index in [9.17, 15) is 9.59 Å². The Morgan fingerprint density at radius 3 is 2.92 bits per heavy atom. The minimum Gasteiger partial charge on any atom is -0.335 e. The fraction of sp³-hybridized carbons (Fsp3) is 0.750. The average Bonchev–Trinajstić information content (AvgIpc) is 2.97. The molecule has 2 rings (SSSR count). The predicted octanol–water partition coefficient (Wildman–Crippen LogP) is 1.21. The summed E-state index contributed by atoms with van der Waals surface area (Å²) in [4.78, 5) is 26.1. The molecule has 4 atom stereocenters. The van der Waals surface area contributed by atoms with Gasteiger partial charge in [0.2, 0.25) is 5.91 Å². The summed E-state index contributed by atoms with van der Waals surface area (Å²) in [5.41, 5.74) is 6.11. The summed E-state index contributed by atoms with van der Waals surface area (Å²) in [6, 6.07) is -0.231. The van der Waals surface area contributed by atoms with Crippen LogP contribution in [0.4, 0.5) is 4.79 Å². The van der Waals surface area contributed by atoms with E-state index in [0.29, 0.717) is 18.5 Å². The maximum Gasteiger partial charge on any atom is 0.321 e. The zero-order valence-electron chi connectivity index (χ0n) is 14.5. The molecule has 4 unspecified atom stereocenters. The molecule has 0 bridgehead atoms. The molecule has 2 fully saturated rings. The molecule has 136 valence electrons. The summed E-state index contributed by atoms with van der Waals surface area (Å²) < 4.78 is 0. The van der Waals surface area contributed by atoms with Crippen LogP contribution in [0.5, 0.6) is 0 Å². The molecule has 1 aliphatic carbocycles. The van der Waals surface area contributed by atoms with Crippen LogP contribution in [-0.4, -0.2) is 47.3 Å². The number of hydrazine groups is 1. The van der Waals surface area contributed by atoms with Gasteiger partial charge in [-0.1, -0.05) is 32.8 Å². The first-order valence-electron chi connectivity index (χ1n) is 8.56. The van der Waals surface area contributed by atoms with Gasteiger partial charge < -0.3 is 5.32 Å². The number of thioether (sulfide) groups is 1. The van der Waals surface area contributed by atoms with Crippen LogP contribution in [0.3, 0.4) is 0 Å². The minimum absolute atomic E-state index is 0.00368. The van der Waals surface area contributed by atoms with Crippen molar-refractivity contribution >= 4 is 23.7 Å². The topological polar surface area (TPSA) is 85.5 Å². The first-order valence-corrected chi connectivity index (χ1v) is 9.61. The first-order chi connectivity index (χ1) is 11.5. The van der Waals surface area contributed by atoms with Gasteiger partial charge in [-0.2, -0.15) is 0 Å². The van der Waals surface area contributed by atoms with Crippen LogP contribution in [0.1, 0.15) is 33.1 Å². The molecule has 1 heterocycles. The monoisotopic (exact) mass is 355 g/mol. The summed E-state index contributed by atoms with van der Waals surface area (Å²) in [6.07, 6.45) is 5.14. The van der Waals surface area contributed by atoms with Crippen LogP contribution >= 0.6 is 11.8 Å². The summed E-state index contributed by atoms with van der Waals surface area (Å²) in [5, 5.41) is 5.39. The van der Waals surface area contributed by atoms with Gasteiger partial charge in [-0.25, -0.2) is 15.6 Å². The third kappa shape index (κ3) is 5.47. The van der Waals surface area contributed by atoms with Crippen molar-refractivity contribution in [2.75, 3.05) is 19.0 Å². The molecule has 3 amide bonds. The third-order valence-electron chi connectivity index (χ3n) is 4.85. The van der Waals surface area contributed by atoms with E-state index in [2.05, 4.69) is 46.8 Å². The molecule has 1 saturated heterocycles. The lowest BCUT2D eigenvalue weighted by molar-refractivity contribution is -0.117. The van der Waals surface area contributed by atoms with E-state index in [1.165, 1.54) is 18.2 Å². The highest BCUT2D eigenvalue weighted by atomic mass is 32.2. The second-order valence-electron chi connectivity index (χ2n) is 6.60. The van der Waals surface area contributed by atoms with Crippen LogP contribution in [0.2, 0.25) is 0 Å². The Labute approximate surface area is 148 Å². The largest absolute Gasteiger partial charge is 0.335 e. The van der Waals surface area contributed by atoms with Gasteiger partial charge in [0.1, 0.15) is 5.50 Å². The lowest BCUT2D eigenvalue weighted by Crippen LogP contribution is -2.49. The van der Waals surface area contributed by atoms with Crippen LogP contribution in [0, 0.1) is 11.8 Å². The van der Waals surface area contributed by atoms with Crippen molar-refractivity contribution < 1.29 is 9.59 Å². The molecule has 0 aromatic carbocycles. The maximum atomic E-state index is 12.0. The minimum atomic E-state index is -0.382. The number of urea groups is 1. The van der Waals surface area contributed by atoms with E-state index in [-0.39, 0.29) is 29.2 Å². The van der Waals surface area contributed by atoms with Gasteiger partial charge in [-0.3, -0.25) is 15.0 Å². The molecule has 0 spiro atoms. The SMILES string of the molecule is C=CCN1CNNC1SCC(=O)NC(=O)NC1CCCC(C)C1C. The molecule has 7 nitrogen and oxygen atoms in total. The number of hydrogen-bond donors (Lipinski definition) is 4. The molecule has 8 heteroatoms. The van der Waals surface area contributed by atoms with Crippen molar-refractivity contribution in [1.29, 1.82) is 0 Å². The molecule has 2 aliphatic rings. The number of hydrogen-bond acceptors (Lipinski definition) is 6. The van der Waals surface area contributed by atoms with Crippen LogP contribution in [0.15, 0.2) is 12.7 Å². The smallest absolute Gasteiger partial charge is 0.321 e. The van der Waals surface area contributed by atoms with Crippen molar-refractivity contribution in [3.05, 3.63) is 12.7 Å². The van der Waals surface area contributed by atoms with E-state index in [1.807, 2.05) is 6.08 Å². The van der Waals surface area contributed by atoms with E-state index >= 15 is 0 Å².